The van der Waals surface area contributed by atoms with Gasteiger partial charge in [-0.1, -0.05) is 67.3 Å². The summed E-state index contributed by atoms with van der Waals surface area (Å²) in [4.78, 5) is 0. The van der Waals surface area contributed by atoms with Gasteiger partial charge in [0, 0.05) is 5.69 Å². The van der Waals surface area contributed by atoms with Crippen LogP contribution < -0.4 is 15.4 Å². The third kappa shape index (κ3) is 5.21. The zero-order valence-corrected chi connectivity index (χ0v) is 16.7. The fourth-order valence-electron chi connectivity index (χ4n) is 2.98. The van der Waals surface area contributed by atoms with Crippen molar-refractivity contribution in [2.45, 2.75) is 13.0 Å². The van der Waals surface area contributed by atoms with E-state index in [2.05, 4.69) is 54.5 Å². The van der Waals surface area contributed by atoms with Crippen LogP contribution in [0.2, 0.25) is 0 Å². The van der Waals surface area contributed by atoms with Gasteiger partial charge in [-0.25, -0.2) is 0 Å². The summed E-state index contributed by atoms with van der Waals surface area (Å²) in [7, 11) is 0. The van der Waals surface area contributed by atoms with Gasteiger partial charge in [-0.3, -0.25) is 0 Å². The van der Waals surface area contributed by atoms with Crippen LogP contribution >= 0.6 is 12.2 Å². The van der Waals surface area contributed by atoms with Crippen LogP contribution in [-0.4, -0.2) is 11.7 Å². The average molecular weight is 389 g/mol. The van der Waals surface area contributed by atoms with Gasteiger partial charge in [-0.2, -0.15) is 0 Å². The lowest BCUT2D eigenvalue weighted by Gasteiger charge is -2.23. The highest BCUT2D eigenvalue weighted by molar-refractivity contribution is 7.80. The largest absolute Gasteiger partial charge is 0.490 e. The van der Waals surface area contributed by atoms with Crippen molar-refractivity contribution in [1.82, 2.24) is 5.32 Å². The fourth-order valence-corrected chi connectivity index (χ4v) is 3.22. The van der Waals surface area contributed by atoms with Crippen molar-refractivity contribution in [1.29, 1.82) is 0 Å². The van der Waals surface area contributed by atoms with Crippen molar-refractivity contribution < 1.29 is 4.74 Å². The summed E-state index contributed by atoms with van der Waals surface area (Å²) in [5.41, 5.74) is 4.48. The summed E-state index contributed by atoms with van der Waals surface area (Å²) < 4.78 is 5.51. The molecule has 0 aliphatic heterocycles. The highest BCUT2D eigenvalue weighted by Gasteiger charge is 2.16. The molecule has 3 aromatic rings. The maximum Gasteiger partial charge on any atom is 0.171 e. The molecule has 3 rings (SSSR count). The maximum absolute atomic E-state index is 5.59. The molecule has 0 amide bonds. The minimum atomic E-state index is -0.0300. The van der Waals surface area contributed by atoms with Crippen LogP contribution in [0.1, 0.15) is 22.7 Å². The average Bonchev–Trinajstić information content (AvgIpc) is 2.73. The number of anilines is 1. The van der Waals surface area contributed by atoms with E-state index >= 15 is 0 Å². The summed E-state index contributed by atoms with van der Waals surface area (Å²) in [6, 6.07) is 26.3. The fraction of sp³-hybridized carbons (Fsp3) is 0.125. The lowest BCUT2D eigenvalue weighted by atomic mass is 9.95. The second-order valence-corrected chi connectivity index (χ2v) is 6.83. The molecule has 0 unspecified atom stereocenters. The first-order valence-electron chi connectivity index (χ1n) is 9.19. The lowest BCUT2D eigenvalue weighted by Crippen LogP contribution is -2.33. The Morgan fingerprint density at radius 3 is 2.36 bits per heavy atom. The van der Waals surface area contributed by atoms with Crippen LogP contribution in [0.25, 0.3) is 0 Å². The Morgan fingerprint density at radius 2 is 1.68 bits per heavy atom. The molecule has 0 aliphatic rings. The van der Waals surface area contributed by atoms with Gasteiger partial charge in [0.05, 0.1) is 6.04 Å². The van der Waals surface area contributed by atoms with Gasteiger partial charge < -0.3 is 15.4 Å². The molecular formula is C24H24N2OS. The first-order chi connectivity index (χ1) is 13.7. The van der Waals surface area contributed by atoms with Crippen molar-refractivity contribution in [2.24, 2.45) is 0 Å². The first kappa shape index (κ1) is 19.6. The van der Waals surface area contributed by atoms with Crippen LogP contribution in [0.15, 0.2) is 91.5 Å². The Balaban J connectivity index is 1.75. The van der Waals surface area contributed by atoms with Gasteiger partial charge in [0.15, 0.2) is 5.11 Å². The highest BCUT2D eigenvalue weighted by Crippen LogP contribution is 2.25. The molecule has 0 spiro atoms. The minimum Gasteiger partial charge on any atom is -0.490 e. The second-order valence-electron chi connectivity index (χ2n) is 6.42. The predicted octanol–water partition coefficient (Wildman–Crippen LogP) is 5.64. The molecule has 0 bridgehead atoms. The summed E-state index contributed by atoms with van der Waals surface area (Å²) in [5, 5.41) is 7.29. The van der Waals surface area contributed by atoms with Crippen LogP contribution in [0.3, 0.4) is 0 Å². The summed E-state index contributed by atoms with van der Waals surface area (Å²) >= 11 is 5.59. The number of nitrogens with one attached hydrogen (secondary N) is 2. The third-order valence-corrected chi connectivity index (χ3v) is 4.61. The molecule has 1 atom stereocenters. The number of ether oxygens (including phenoxy) is 1. The molecule has 0 radical (unpaired) electrons. The monoisotopic (exact) mass is 388 g/mol. The van der Waals surface area contributed by atoms with Crippen molar-refractivity contribution >= 4 is 23.0 Å². The molecular weight excluding hydrogens is 364 g/mol. The van der Waals surface area contributed by atoms with Crippen LogP contribution in [0, 0.1) is 6.92 Å². The minimum absolute atomic E-state index is 0.0300. The van der Waals surface area contributed by atoms with Gasteiger partial charge >= 0.3 is 0 Å². The molecule has 0 saturated heterocycles. The molecule has 4 heteroatoms. The van der Waals surface area contributed by atoms with Gasteiger partial charge in [0.2, 0.25) is 0 Å². The number of aryl methyl sites for hydroxylation is 1. The quantitative estimate of drug-likeness (QED) is 0.406. The van der Waals surface area contributed by atoms with Crippen molar-refractivity contribution in [3.05, 3.63) is 108 Å². The first-order valence-corrected chi connectivity index (χ1v) is 9.60. The van der Waals surface area contributed by atoms with Crippen LogP contribution in [-0.2, 0) is 0 Å². The van der Waals surface area contributed by atoms with Gasteiger partial charge in [0.25, 0.3) is 0 Å². The molecule has 142 valence electrons. The number of hydrogen-bond acceptors (Lipinski definition) is 2. The summed E-state index contributed by atoms with van der Waals surface area (Å²) in [6.45, 7) is 6.26. The van der Waals surface area contributed by atoms with E-state index in [0.717, 1.165) is 17.0 Å². The van der Waals surface area contributed by atoms with E-state index < -0.39 is 0 Å². The molecule has 0 saturated carbocycles. The molecule has 0 fully saturated rings. The molecule has 28 heavy (non-hydrogen) atoms. The van der Waals surface area contributed by atoms with E-state index in [9.17, 15) is 0 Å². The van der Waals surface area contributed by atoms with E-state index in [1.807, 2.05) is 48.5 Å². The topological polar surface area (TPSA) is 33.3 Å². The highest BCUT2D eigenvalue weighted by atomic mass is 32.1. The standard InChI is InChI=1S/C24H24N2OS/c1-3-17-27-21-15-13-20(14-16-21)25-24(28)26-23(19-10-5-4-6-11-19)22-12-8-7-9-18(22)2/h3-16,23H,1,17H2,2H3,(H2,25,26,28)/t23-/m1/s1. The molecule has 0 aromatic heterocycles. The van der Waals surface area contributed by atoms with E-state index in [1.165, 1.54) is 11.1 Å². The molecule has 0 heterocycles. The van der Waals surface area contributed by atoms with Crippen molar-refractivity contribution in [3.63, 3.8) is 0 Å². The molecule has 2 N–H and O–H groups in total. The second kappa shape index (κ2) is 9.72. The van der Waals surface area contributed by atoms with Gasteiger partial charge in [-0.05, 0) is 60.1 Å². The number of benzene rings is 3. The molecule has 0 aliphatic carbocycles. The summed E-state index contributed by atoms with van der Waals surface area (Å²) in [5.74, 6) is 0.798. The van der Waals surface area contributed by atoms with Gasteiger partial charge in [0.1, 0.15) is 12.4 Å². The normalized spacial score (nSPS) is 11.3. The van der Waals surface area contributed by atoms with Crippen molar-refractivity contribution in [2.75, 3.05) is 11.9 Å². The molecule has 3 nitrogen and oxygen atoms in total. The zero-order valence-electron chi connectivity index (χ0n) is 15.9. The van der Waals surface area contributed by atoms with Gasteiger partial charge in [-0.15, -0.1) is 0 Å². The van der Waals surface area contributed by atoms with E-state index in [4.69, 9.17) is 17.0 Å². The Labute approximate surface area is 172 Å². The number of rotatable bonds is 7. The Morgan fingerprint density at radius 1 is 1.00 bits per heavy atom. The van der Waals surface area contributed by atoms with Crippen LogP contribution in [0.4, 0.5) is 5.69 Å². The third-order valence-electron chi connectivity index (χ3n) is 4.39. The van der Waals surface area contributed by atoms with E-state index in [-0.39, 0.29) is 6.04 Å². The maximum atomic E-state index is 5.59. The lowest BCUT2D eigenvalue weighted by molar-refractivity contribution is 0.363. The Bertz CT molecular complexity index is 923. The number of thiocarbonyl (C=S) groups is 1. The predicted molar refractivity (Wildman–Crippen MR) is 121 cm³/mol. The molecule has 3 aromatic carbocycles. The Kier molecular flexibility index (Phi) is 6.82. The van der Waals surface area contributed by atoms with E-state index in [1.54, 1.807) is 6.08 Å². The van der Waals surface area contributed by atoms with Crippen molar-refractivity contribution in [3.8, 4) is 5.75 Å². The zero-order chi connectivity index (χ0) is 19.8. The smallest absolute Gasteiger partial charge is 0.171 e. The Hall–Kier alpha value is -3.11. The van der Waals surface area contributed by atoms with E-state index in [0.29, 0.717) is 11.7 Å². The SMILES string of the molecule is C=CCOc1ccc(NC(=S)N[C@H](c2ccccc2)c2ccccc2C)cc1. The number of hydrogen-bond donors (Lipinski definition) is 2. The summed E-state index contributed by atoms with van der Waals surface area (Å²) in [6.07, 6.45) is 1.72. The van der Waals surface area contributed by atoms with Crippen LogP contribution in [0.5, 0.6) is 5.75 Å².